The zero-order valence-electron chi connectivity index (χ0n) is 15.2. The Morgan fingerprint density at radius 1 is 1.24 bits per heavy atom. The summed E-state index contributed by atoms with van der Waals surface area (Å²) in [6, 6.07) is 7.32. The van der Waals surface area contributed by atoms with E-state index >= 15 is 0 Å². The summed E-state index contributed by atoms with van der Waals surface area (Å²) in [5, 5.41) is 2.85. The molecule has 0 saturated heterocycles. The highest BCUT2D eigenvalue weighted by Gasteiger charge is 2.16. The molecule has 136 valence electrons. The molecule has 1 aliphatic rings. The Bertz CT molecular complexity index is 625. The molecule has 1 N–H and O–H groups in total. The van der Waals surface area contributed by atoms with Crippen molar-refractivity contribution in [2.75, 3.05) is 25.0 Å². The number of hydrogen-bond donors (Lipinski definition) is 1. The molecule has 0 spiro atoms. The lowest BCUT2D eigenvalue weighted by Gasteiger charge is -2.22. The van der Waals surface area contributed by atoms with Crippen molar-refractivity contribution < 1.29 is 14.3 Å². The van der Waals surface area contributed by atoms with Crippen LogP contribution in [0.15, 0.2) is 35.9 Å². The van der Waals surface area contributed by atoms with Crippen LogP contribution in [0.1, 0.15) is 46.0 Å². The van der Waals surface area contributed by atoms with Crippen molar-refractivity contribution in [3.05, 3.63) is 35.9 Å². The van der Waals surface area contributed by atoms with E-state index in [1.165, 1.54) is 25.3 Å². The highest BCUT2D eigenvalue weighted by molar-refractivity contribution is 5.95. The van der Waals surface area contributed by atoms with Gasteiger partial charge in [-0.05, 0) is 51.2 Å². The number of carbonyl (C=O) groups excluding carboxylic acids is 2. The number of benzene rings is 1. The molecule has 5 heteroatoms. The van der Waals surface area contributed by atoms with E-state index in [4.69, 9.17) is 4.74 Å². The van der Waals surface area contributed by atoms with Crippen molar-refractivity contribution in [2.24, 2.45) is 0 Å². The lowest BCUT2D eigenvalue weighted by molar-refractivity contribution is -0.132. The minimum atomic E-state index is -0.208. The maximum absolute atomic E-state index is 12.4. The second kappa shape index (κ2) is 9.87. The number of anilines is 1. The SMILES string of the molecule is CCOc1ccccc1NC(=O)CN(CCC1=CCCCC1)C(C)=O. The third-order valence-electron chi connectivity index (χ3n) is 4.33. The van der Waals surface area contributed by atoms with Crippen molar-refractivity contribution >= 4 is 17.5 Å². The molecule has 1 aliphatic carbocycles. The van der Waals surface area contributed by atoms with Crippen LogP contribution in [0.2, 0.25) is 0 Å². The molecule has 0 fully saturated rings. The van der Waals surface area contributed by atoms with Crippen LogP contribution in [-0.4, -0.2) is 36.4 Å². The average molecular weight is 344 g/mol. The summed E-state index contributed by atoms with van der Waals surface area (Å²) in [5.74, 6) is 0.352. The number of allylic oxidation sites excluding steroid dienone is 1. The Kier molecular flexibility index (Phi) is 7.51. The van der Waals surface area contributed by atoms with Crippen LogP contribution in [0.4, 0.5) is 5.69 Å². The molecule has 0 radical (unpaired) electrons. The molecule has 0 saturated carbocycles. The van der Waals surface area contributed by atoms with Crippen LogP contribution in [0, 0.1) is 0 Å². The molecule has 1 aromatic rings. The molecule has 25 heavy (non-hydrogen) atoms. The van der Waals surface area contributed by atoms with Gasteiger partial charge in [-0.2, -0.15) is 0 Å². The van der Waals surface area contributed by atoms with E-state index < -0.39 is 0 Å². The fourth-order valence-electron chi connectivity index (χ4n) is 2.97. The topological polar surface area (TPSA) is 58.6 Å². The number of nitrogens with one attached hydrogen (secondary N) is 1. The molecular formula is C20H28N2O3. The van der Waals surface area contributed by atoms with E-state index in [-0.39, 0.29) is 18.4 Å². The number of carbonyl (C=O) groups is 2. The number of amides is 2. The van der Waals surface area contributed by atoms with E-state index in [2.05, 4.69) is 11.4 Å². The van der Waals surface area contributed by atoms with Gasteiger partial charge in [0, 0.05) is 13.5 Å². The number of ether oxygens (including phenoxy) is 1. The van der Waals surface area contributed by atoms with Crippen LogP contribution in [0.25, 0.3) is 0 Å². The lowest BCUT2D eigenvalue weighted by Crippen LogP contribution is -2.37. The first-order chi connectivity index (χ1) is 12.1. The molecule has 1 aromatic carbocycles. The van der Waals surface area contributed by atoms with Gasteiger partial charge in [-0.15, -0.1) is 0 Å². The summed E-state index contributed by atoms with van der Waals surface area (Å²) in [5.41, 5.74) is 2.03. The van der Waals surface area contributed by atoms with Crippen molar-refractivity contribution in [1.82, 2.24) is 4.90 Å². The smallest absolute Gasteiger partial charge is 0.244 e. The molecule has 0 unspecified atom stereocenters. The Morgan fingerprint density at radius 3 is 2.72 bits per heavy atom. The Morgan fingerprint density at radius 2 is 2.04 bits per heavy atom. The lowest BCUT2D eigenvalue weighted by atomic mass is 9.97. The van der Waals surface area contributed by atoms with E-state index in [9.17, 15) is 9.59 Å². The van der Waals surface area contributed by atoms with Gasteiger partial charge in [0.2, 0.25) is 11.8 Å². The van der Waals surface area contributed by atoms with E-state index in [0.29, 0.717) is 24.6 Å². The van der Waals surface area contributed by atoms with Crippen molar-refractivity contribution in [3.8, 4) is 5.75 Å². The van der Waals surface area contributed by atoms with Gasteiger partial charge in [-0.1, -0.05) is 23.8 Å². The largest absolute Gasteiger partial charge is 0.492 e. The molecule has 0 aliphatic heterocycles. The van der Waals surface area contributed by atoms with Crippen LogP contribution >= 0.6 is 0 Å². The number of hydrogen-bond acceptors (Lipinski definition) is 3. The molecule has 0 heterocycles. The van der Waals surface area contributed by atoms with Crippen LogP contribution < -0.4 is 10.1 Å². The van der Waals surface area contributed by atoms with Crippen LogP contribution in [-0.2, 0) is 9.59 Å². The molecule has 0 bridgehead atoms. The summed E-state index contributed by atoms with van der Waals surface area (Å²) >= 11 is 0. The van der Waals surface area contributed by atoms with Gasteiger partial charge in [-0.3, -0.25) is 9.59 Å². The summed E-state index contributed by atoms with van der Waals surface area (Å²) in [7, 11) is 0. The van der Waals surface area contributed by atoms with Crippen molar-refractivity contribution in [2.45, 2.75) is 46.0 Å². The Labute approximate surface area is 150 Å². The monoisotopic (exact) mass is 344 g/mol. The van der Waals surface area contributed by atoms with Gasteiger partial charge >= 0.3 is 0 Å². The first-order valence-corrected chi connectivity index (χ1v) is 9.05. The van der Waals surface area contributed by atoms with E-state index in [1.807, 2.05) is 25.1 Å². The number of nitrogens with zero attached hydrogens (tertiary/aromatic N) is 1. The average Bonchev–Trinajstić information content (AvgIpc) is 2.61. The van der Waals surface area contributed by atoms with E-state index in [1.54, 1.807) is 11.0 Å². The fourth-order valence-corrected chi connectivity index (χ4v) is 2.97. The molecule has 0 atom stereocenters. The normalized spacial score (nSPS) is 13.8. The standard InChI is InChI=1S/C20H28N2O3/c1-3-25-19-12-8-7-11-18(19)21-20(24)15-22(16(2)23)14-13-17-9-5-4-6-10-17/h7-9,11-12H,3-6,10,13-15H2,1-2H3,(H,21,24). The summed E-state index contributed by atoms with van der Waals surface area (Å²) in [4.78, 5) is 25.8. The third-order valence-corrected chi connectivity index (χ3v) is 4.33. The van der Waals surface area contributed by atoms with Gasteiger partial charge in [0.25, 0.3) is 0 Å². The minimum absolute atomic E-state index is 0.0586. The Balaban J connectivity index is 1.91. The highest BCUT2D eigenvalue weighted by Crippen LogP contribution is 2.24. The van der Waals surface area contributed by atoms with E-state index in [0.717, 1.165) is 19.3 Å². The summed E-state index contributed by atoms with van der Waals surface area (Å²) in [6.07, 6.45) is 7.84. The molecule has 2 rings (SSSR count). The third kappa shape index (κ3) is 6.25. The summed E-state index contributed by atoms with van der Waals surface area (Å²) < 4.78 is 5.51. The predicted octanol–water partition coefficient (Wildman–Crippen LogP) is 3.76. The minimum Gasteiger partial charge on any atom is -0.492 e. The molecule has 2 amide bonds. The van der Waals surface area contributed by atoms with Gasteiger partial charge in [0.15, 0.2) is 0 Å². The predicted molar refractivity (Wildman–Crippen MR) is 99.7 cm³/mol. The zero-order valence-corrected chi connectivity index (χ0v) is 15.2. The van der Waals surface area contributed by atoms with Gasteiger partial charge in [0.1, 0.15) is 5.75 Å². The maximum atomic E-state index is 12.4. The number of para-hydroxylation sites is 2. The van der Waals surface area contributed by atoms with Crippen molar-refractivity contribution in [1.29, 1.82) is 0 Å². The Hall–Kier alpha value is -2.30. The summed E-state index contributed by atoms with van der Waals surface area (Å²) in [6.45, 7) is 4.58. The van der Waals surface area contributed by atoms with Crippen molar-refractivity contribution in [3.63, 3.8) is 0 Å². The maximum Gasteiger partial charge on any atom is 0.244 e. The second-order valence-electron chi connectivity index (χ2n) is 6.28. The van der Waals surface area contributed by atoms with Gasteiger partial charge in [-0.25, -0.2) is 0 Å². The first-order valence-electron chi connectivity index (χ1n) is 9.05. The number of rotatable bonds is 8. The quantitative estimate of drug-likeness (QED) is 0.731. The van der Waals surface area contributed by atoms with Gasteiger partial charge in [0.05, 0.1) is 18.8 Å². The molecule has 5 nitrogen and oxygen atoms in total. The van der Waals surface area contributed by atoms with Crippen LogP contribution in [0.5, 0.6) is 5.75 Å². The van der Waals surface area contributed by atoms with Gasteiger partial charge < -0.3 is 15.0 Å². The molecular weight excluding hydrogens is 316 g/mol. The fraction of sp³-hybridized carbons (Fsp3) is 0.500. The zero-order chi connectivity index (χ0) is 18.1. The molecule has 0 aromatic heterocycles. The first kappa shape index (κ1) is 19.0. The van der Waals surface area contributed by atoms with Crippen LogP contribution in [0.3, 0.4) is 0 Å². The highest BCUT2D eigenvalue weighted by atomic mass is 16.5. The second-order valence-corrected chi connectivity index (χ2v) is 6.28.